The molecule has 0 radical (unpaired) electrons. The standard InChI is InChI=1S/C8H8N2O3/c9-10-7(8(12)13)5-1-3-6(11)4-2-5/h1-4,7,9,11H,(H,12,13)/t7-/m1/s1. The normalized spacial score (nSPS) is 12.0. The molecule has 0 saturated carbocycles. The summed E-state index contributed by atoms with van der Waals surface area (Å²) in [5, 5.41) is 20.5. The summed E-state index contributed by atoms with van der Waals surface area (Å²) in [6, 6.07) is 4.38. The van der Waals surface area contributed by atoms with Crippen molar-refractivity contribution in [2.75, 3.05) is 0 Å². The zero-order valence-corrected chi connectivity index (χ0v) is 6.64. The average Bonchev–Trinajstić information content (AvgIpc) is 2.09. The lowest BCUT2D eigenvalue weighted by atomic mass is 10.1. The highest BCUT2D eigenvalue weighted by Gasteiger charge is 2.17. The summed E-state index contributed by atoms with van der Waals surface area (Å²) in [4.78, 5) is 10.5. The number of carboxylic acids is 1. The van der Waals surface area contributed by atoms with Gasteiger partial charge in [-0.2, -0.15) is 5.11 Å². The first-order valence-corrected chi connectivity index (χ1v) is 3.53. The minimum Gasteiger partial charge on any atom is -0.508 e. The molecule has 0 aliphatic rings. The molecule has 0 bridgehead atoms. The average molecular weight is 180 g/mol. The Morgan fingerprint density at radius 1 is 1.38 bits per heavy atom. The summed E-state index contributed by atoms with van der Waals surface area (Å²) >= 11 is 0. The van der Waals surface area contributed by atoms with Crippen LogP contribution in [0, 0.1) is 5.53 Å². The molecule has 0 spiro atoms. The van der Waals surface area contributed by atoms with E-state index in [9.17, 15) is 4.79 Å². The van der Waals surface area contributed by atoms with Gasteiger partial charge in [-0.3, -0.25) is 0 Å². The van der Waals surface area contributed by atoms with Crippen LogP contribution in [0.4, 0.5) is 0 Å². The number of phenols is 1. The maximum absolute atomic E-state index is 10.5. The van der Waals surface area contributed by atoms with E-state index in [1.54, 1.807) is 0 Å². The summed E-state index contributed by atoms with van der Waals surface area (Å²) in [7, 11) is 0. The van der Waals surface area contributed by atoms with Crippen LogP contribution in [-0.2, 0) is 4.79 Å². The van der Waals surface area contributed by atoms with E-state index in [0.717, 1.165) is 0 Å². The van der Waals surface area contributed by atoms with Gasteiger partial charge in [-0.25, -0.2) is 10.3 Å². The zero-order chi connectivity index (χ0) is 9.84. The number of aliphatic carboxylic acids is 1. The van der Waals surface area contributed by atoms with Crippen LogP contribution in [0.1, 0.15) is 11.6 Å². The zero-order valence-electron chi connectivity index (χ0n) is 6.64. The lowest BCUT2D eigenvalue weighted by Crippen LogP contribution is -2.07. The van der Waals surface area contributed by atoms with Crippen LogP contribution < -0.4 is 0 Å². The smallest absolute Gasteiger partial charge is 0.335 e. The fourth-order valence-corrected chi connectivity index (χ4v) is 0.929. The van der Waals surface area contributed by atoms with Crippen molar-refractivity contribution in [3.05, 3.63) is 29.8 Å². The molecule has 0 heterocycles. The van der Waals surface area contributed by atoms with Crippen molar-refractivity contribution in [1.82, 2.24) is 0 Å². The van der Waals surface area contributed by atoms with Crippen LogP contribution in [0.2, 0.25) is 0 Å². The molecule has 0 saturated heterocycles. The highest BCUT2D eigenvalue weighted by Crippen LogP contribution is 2.19. The molecule has 5 heteroatoms. The van der Waals surface area contributed by atoms with Gasteiger partial charge in [0.25, 0.3) is 0 Å². The maximum atomic E-state index is 10.5. The number of hydrogen-bond acceptors (Lipinski definition) is 4. The van der Waals surface area contributed by atoms with Crippen molar-refractivity contribution in [1.29, 1.82) is 5.53 Å². The van der Waals surface area contributed by atoms with Gasteiger partial charge in [0, 0.05) is 0 Å². The van der Waals surface area contributed by atoms with Crippen molar-refractivity contribution in [2.45, 2.75) is 6.04 Å². The van der Waals surface area contributed by atoms with E-state index in [-0.39, 0.29) is 5.75 Å². The van der Waals surface area contributed by atoms with Crippen molar-refractivity contribution in [2.24, 2.45) is 5.11 Å². The molecule has 3 N–H and O–H groups in total. The van der Waals surface area contributed by atoms with Crippen molar-refractivity contribution < 1.29 is 15.0 Å². The molecule has 0 unspecified atom stereocenters. The predicted octanol–water partition coefficient (Wildman–Crippen LogP) is 1.55. The number of aromatic hydroxyl groups is 1. The van der Waals surface area contributed by atoms with Crippen molar-refractivity contribution >= 4 is 5.97 Å². The number of carbonyl (C=O) groups is 1. The van der Waals surface area contributed by atoms with Gasteiger partial charge in [0.05, 0.1) is 0 Å². The molecule has 0 fully saturated rings. The third-order valence-corrected chi connectivity index (χ3v) is 1.57. The topological polar surface area (TPSA) is 93.7 Å². The number of phenolic OH excluding ortho intramolecular Hbond substituents is 1. The number of nitrogens with zero attached hydrogens (tertiary/aromatic N) is 1. The molecule has 1 aromatic rings. The molecule has 1 rings (SSSR count). The minimum absolute atomic E-state index is 0.0536. The Bertz CT molecular complexity index is 321. The summed E-state index contributed by atoms with van der Waals surface area (Å²) in [6.45, 7) is 0. The van der Waals surface area contributed by atoms with E-state index in [2.05, 4.69) is 5.11 Å². The van der Waals surface area contributed by atoms with E-state index < -0.39 is 12.0 Å². The maximum Gasteiger partial charge on any atom is 0.335 e. The second kappa shape index (κ2) is 3.66. The molecule has 0 aliphatic carbocycles. The Morgan fingerprint density at radius 3 is 2.31 bits per heavy atom. The number of hydrogen-bond donors (Lipinski definition) is 3. The fourth-order valence-electron chi connectivity index (χ4n) is 0.929. The molecule has 0 aromatic heterocycles. The molecule has 1 aromatic carbocycles. The van der Waals surface area contributed by atoms with E-state index in [0.29, 0.717) is 5.56 Å². The van der Waals surface area contributed by atoms with Gasteiger partial charge in [0.2, 0.25) is 0 Å². The van der Waals surface area contributed by atoms with Crippen LogP contribution >= 0.6 is 0 Å². The Morgan fingerprint density at radius 2 is 1.92 bits per heavy atom. The number of nitrogens with one attached hydrogen (secondary N) is 1. The quantitative estimate of drug-likeness (QED) is 0.616. The molecular weight excluding hydrogens is 172 g/mol. The minimum atomic E-state index is -1.18. The molecular formula is C8H8N2O3. The van der Waals surface area contributed by atoms with Gasteiger partial charge in [-0.1, -0.05) is 12.1 Å². The summed E-state index contributed by atoms with van der Waals surface area (Å²) in [6.07, 6.45) is 0. The van der Waals surface area contributed by atoms with E-state index in [1.165, 1.54) is 24.3 Å². The molecule has 1 atom stereocenters. The summed E-state index contributed by atoms with van der Waals surface area (Å²) in [5.41, 5.74) is 7.04. The monoisotopic (exact) mass is 180 g/mol. The first-order valence-electron chi connectivity index (χ1n) is 3.53. The van der Waals surface area contributed by atoms with Gasteiger partial charge in [-0.15, -0.1) is 0 Å². The van der Waals surface area contributed by atoms with Crippen LogP contribution in [0.5, 0.6) is 5.75 Å². The first-order chi connectivity index (χ1) is 6.15. The van der Waals surface area contributed by atoms with Crippen LogP contribution in [0.25, 0.3) is 0 Å². The van der Waals surface area contributed by atoms with Gasteiger partial charge in [-0.05, 0) is 17.7 Å². The van der Waals surface area contributed by atoms with Crippen LogP contribution in [-0.4, -0.2) is 16.2 Å². The Balaban J connectivity index is 2.99. The van der Waals surface area contributed by atoms with Crippen molar-refractivity contribution in [3.63, 3.8) is 0 Å². The van der Waals surface area contributed by atoms with E-state index >= 15 is 0 Å². The number of benzene rings is 1. The third-order valence-electron chi connectivity index (χ3n) is 1.57. The van der Waals surface area contributed by atoms with E-state index in [1.807, 2.05) is 0 Å². The second-order valence-corrected chi connectivity index (χ2v) is 2.46. The molecule has 0 aliphatic heterocycles. The molecule has 68 valence electrons. The predicted molar refractivity (Wildman–Crippen MR) is 43.6 cm³/mol. The fraction of sp³-hybridized carbons (Fsp3) is 0.125. The second-order valence-electron chi connectivity index (χ2n) is 2.46. The third kappa shape index (κ3) is 2.02. The Labute approximate surface area is 74.1 Å². The molecule has 5 nitrogen and oxygen atoms in total. The summed E-state index contributed by atoms with van der Waals surface area (Å²) < 4.78 is 0. The first kappa shape index (κ1) is 9.18. The Kier molecular flexibility index (Phi) is 2.59. The van der Waals surface area contributed by atoms with E-state index in [4.69, 9.17) is 15.7 Å². The molecule has 13 heavy (non-hydrogen) atoms. The lowest BCUT2D eigenvalue weighted by molar-refractivity contribution is -0.138. The van der Waals surface area contributed by atoms with Crippen LogP contribution in [0.3, 0.4) is 0 Å². The largest absolute Gasteiger partial charge is 0.508 e. The summed E-state index contributed by atoms with van der Waals surface area (Å²) in [5.74, 6) is -1.13. The molecule has 0 amide bonds. The number of carboxylic acid groups (broad SMARTS) is 1. The van der Waals surface area contributed by atoms with Gasteiger partial charge < -0.3 is 10.2 Å². The van der Waals surface area contributed by atoms with Gasteiger partial charge >= 0.3 is 5.97 Å². The van der Waals surface area contributed by atoms with Gasteiger partial charge in [0.1, 0.15) is 5.75 Å². The lowest BCUT2D eigenvalue weighted by Gasteiger charge is -2.04. The highest BCUT2D eigenvalue weighted by atomic mass is 16.4. The Hall–Kier alpha value is -1.91. The number of rotatable bonds is 3. The van der Waals surface area contributed by atoms with Crippen molar-refractivity contribution in [3.8, 4) is 5.75 Å². The highest BCUT2D eigenvalue weighted by molar-refractivity contribution is 5.75. The van der Waals surface area contributed by atoms with Gasteiger partial charge in [0.15, 0.2) is 6.04 Å². The SMILES string of the molecule is N=N[C@@H](C(=O)O)c1ccc(O)cc1. The van der Waals surface area contributed by atoms with Crippen LogP contribution in [0.15, 0.2) is 29.4 Å².